The second-order valence-electron chi connectivity index (χ2n) is 4.51. The molecule has 0 radical (unpaired) electrons. The second kappa shape index (κ2) is 5.63. The third kappa shape index (κ3) is 2.87. The molecule has 0 unspecified atom stereocenters. The fourth-order valence-corrected chi connectivity index (χ4v) is 3.44. The highest BCUT2D eigenvalue weighted by Gasteiger charge is 2.28. The molecule has 2 aromatic rings. The summed E-state index contributed by atoms with van der Waals surface area (Å²) in [4.78, 5) is 3.74. The minimum atomic E-state index is -3.91. The van der Waals surface area contributed by atoms with Crippen molar-refractivity contribution in [1.29, 1.82) is 0 Å². The van der Waals surface area contributed by atoms with Crippen LogP contribution in [0.25, 0.3) is 0 Å². The molecule has 1 heterocycles. The Bertz CT molecular complexity index is 736. The zero-order valence-electron chi connectivity index (χ0n) is 11.4. The smallest absolute Gasteiger partial charge is 0.262 e. The average molecular weight is 333 g/mol. The van der Waals surface area contributed by atoms with Crippen LogP contribution in [0.5, 0.6) is 0 Å². The first-order valence-corrected chi connectivity index (χ1v) is 7.73. The largest absolute Gasteiger partial charge is 0.381 e. The molecule has 0 aliphatic heterocycles. The van der Waals surface area contributed by atoms with E-state index in [1.807, 2.05) is 0 Å². The highest BCUT2D eigenvalue weighted by Crippen LogP contribution is 2.25. The number of rotatable bonds is 4. The van der Waals surface area contributed by atoms with Crippen LogP contribution in [0.4, 0.5) is 10.2 Å². The molecule has 1 aromatic heterocycles. The molecule has 0 fully saturated rings. The molecule has 21 heavy (non-hydrogen) atoms. The summed E-state index contributed by atoms with van der Waals surface area (Å²) in [5, 5.41) is 0.0208. The number of aryl methyl sites for hydroxylation is 1. The SMILES string of the molecule is CN(Cc1c(F)cccc1Cl)S(=O)(=O)c1c(N)ncn1C. The lowest BCUT2D eigenvalue weighted by atomic mass is 10.2. The molecule has 2 rings (SSSR count). The number of anilines is 1. The maximum atomic E-state index is 13.8. The highest BCUT2D eigenvalue weighted by atomic mass is 35.5. The Balaban J connectivity index is 2.38. The number of hydrogen-bond acceptors (Lipinski definition) is 4. The van der Waals surface area contributed by atoms with Gasteiger partial charge in [0.05, 0.1) is 6.33 Å². The van der Waals surface area contributed by atoms with E-state index in [-0.39, 0.29) is 28.0 Å². The van der Waals surface area contributed by atoms with E-state index in [1.54, 1.807) is 0 Å². The van der Waals surface area contributed by atoms with Crippen LogP contribution in [0.15, 0.2) is 29.6 Å². The molecular weight excluding hydrogens is 319 g/mol. The van der Waals surface area contributed by atoms with Crippen molar-refractivity contribution in [1.82, 2.24) is 13.9 Å². The molecule has 0 saturated carbocycles. The summed E-state index contributed by atoms with van der Waals surface area (Å²) in [6.45, 7) is -0.210. The minimum absolute atomic E-state index is 0.103. The Morgan fingerprint density at radius 1 is 1.48 bits per heavy atom. The van der Waals surface area contributed by atoms with Gasteiger partial charge in [0.25, 0.3) is 10.0 Å². The maximum Gasteiger partial charge on any atom is 0.262 e. The standard InChI is InChI=1S/C12H14ClFN4O2S/c1-17-7-16-11(15)12(17)21(19,20)18(2)6-8-9(13)4-3-5-10(8)14/h3-5,7H,6,15H2,1-2H3. The van der Waals surface area contributed by atoms with Crippen molar-refractivity contribution in [3.8, 4) is 0 Å². The Kier molecular flexibility index (Phi) is 4.22. The van der Waals surface area contributed by atoms with E-state index in [9.17, 15) is 12.8 Å². The normalized spacial score (nSPS) is 12.0. The number of nitrogens with zero attached hydrogens (tertiary/aromatic N) is 3. The molecule has 0 spiro atoms. The Morgan fingerprint density at radius 3 is 2.67 bits per heavy atom. The summed E-state index contributed by atoms with van der Waals surface area (Å²) < 4.78 is 41.0. The van der Waals surface area contributed by atoms with E-state index in [2.05, 4.69) is 4.98 Å². The molecule has 0 amide bonds. The van der Waals surface area contributed by atoms with E-state index in [0.717, 1.165) is 4.31 Å². The summed E-state index contributed by atoms with van der Waals surface area (Å²) in [6, 6.07) is 4.17. The van der Waals surface area contributed by atoms with Gasteiger partial charge in [-0.1, -0.05) is 17.7 Å². The van der Waals surface area contributed by atoms with Crippen molar-refractivity contribution in [3.63, 3.8) is 0 Å². The van der Waals surface area contributed by atoms with E-state index in [4.69, 9.17) is 17.3 Å². The van der Waals surface area contributed by atoms with Gasteiger partial charge in [0.1, 0.15) is 5.82 Å². The molecule has 9 heteroatoms. The Labute approximate surface area is 127 Å². The molecule has 0 aliphatic carbocycles. The van der Waals surface area contributed by atoms with Gasteiger partial charge in [-0.2, -0.15) is 4.31 Å². The van der Waals surface area contributed by atoms with Gasteiger partial charge in [0.15, 0.2) is 10.8 Å². The summed E-state index contributed by atoms with van der Waals surface area (Å²) >= 11 is 5.91. The summed E-state index contributed by atoms with van der Waals surface area (Å²) in [6.07, 6.45) is 1.30. The van der Waals surface area contributed by atoms with Gasteiger partial charge >= 0.3 is 0 Å². The number of hydrogen-bond donors (Lipinski definition) is 1. The summed E-state index contributed by atoms with van der Waals surface area (Å²) in [5.74, 6) is -0.675. The first-order valence-electron chi connectivity index (χ1n) is 5.91. The molecule has 0 bridgehead atoms. The lowest BCUT2D eigenvalue weighted by molar-refractivity contribution is 0.451. The van der Waals surface area contributed by atoms with Crippen LogP contribution in [-0.4, -0.2) is 29.3 Å². The Morgan fingerprint density at radius 2 is 2.14 bits per heavy atom. The maximum absolute atomic E-state index is 13.8. The molecule has 0 atom stereocenters. The van der Waals surface area contributed by atoms with Crippen LogP contribution < -0.4 is 5.73 Å². The second-order valence-corrected chi connectivity index (χ2v) is 6.87. The fourth-order valence-electron chi connectivity index (χ4n) is 1.89. The number of nitrogen functional groups attached to an aromatic ring is 1. The van der Waals surface area contributed by atoms with Crippen molar-refractivity contribution >= 4 is 27.4 Å². The third-order valence-corrected chi connectivity index (χ3v) is 5.30. The van der Waals surface area contributed by atoms with Crippen LogP contribution in [0.2, 0.25) is 5.02 Å². The number of imidazole rings is 1. The first-order chi connectivity index (χ1) is 9.75. The topological polar surface area (TPSA) is 81.2 Å². The number of benzene rings is 1. The zero-order valence-corrected chi connectivity index (χ0v) is 13.0. The molecule has 0 aliphatic rings. The number of halogens is 2. The van der Waals surface area contributed by atoms with Crippen molar-refractivity contribution in [2.45, 2.75) is 11.6 Å². The van der Waals surface area contributed by atoms with Crippen LogP contribution in [0, 0.1) is 5.82 Å². The van der Waals surface area contributed by atoms with Crippen LogP contribution in [-0.2, 0) is 23.6 Å². The quantitative estimate of drug-likeness (QED) is 0.922. The minimum Gasteiger partial charge on any atom is -0.381 e. The summed E-state index contributed by atoms with van der Waals surface area (Å²) in [5.41, 5.74) is 5.68. The van der Waals surface area contributed by atoms with Gasteiger partial charge in [-0.3, -0.25) is 0 Å². The van der Waals surface area contributed by atoms with Crippen molar-refractivity contribution in [2.24, 2.45) is 7.05 Å². The van der Waals surface area contributed by atoms with Crippen LogP contribution in [0.3, 0.4) is 0 Å². The lowest BCUT2D eigenvalue weighted by Crippen LogP contribution is -2.29. The van der Waals surface area contributed by atoms with E-state index in [1.165, 1.54) is 43.2 Å². The fraction of sp³-hybridized carbons (Fsp3) is 0.250. The number of aromatic nitrogens is 2. The monoisotopic (exact) mass is 332 g/mol. The molecule has 6 nitrogen and oxygen atoms in total. The van der Waals surface area contributed by atoms with Gasteiger partial charge in [-0.05, 0) is 12.1 Å². The van der Waals surface area contributed by atoms with E-state index >= 15 is 0 Å². The highest BCUT2D eigenvalue weighted by molar-refractivity contribution is 7.89. The van der Waals surface area contributed by atoms with Gasteiger partial charge in [-0.25, -0.2) is 17.8 Å². The predicted molar refractivity (Wildman–Crippen MR) is 77.7 cm³/mol. The summed E-state index contributed by atoms with van der Waals surface area (Å²) in [7, 11) is -1.07. The van der Waals surface area contributed by atoms with Crippen molar-refractivity contribution in [3.05, 3.63) is 40.9 Å². The van der Waals surface area contributed by atoms with E-state index < -0.39 is 15.8 Å². The molecule has 2 N–H and O–H groups in total. The van der Waals surface area contributed by atoms with Crippen LogP contribution >= 0.6 is 11.6 Å². The van der Waals surface area contributed by atoms with Crippen molar-refractivity contribution in [2.75, 3.05) is 12.8 Å². The molecule has 114 valence electrons. The van der Waals surface area contributed by atoms with Gasteiger partial charge in [-0.15, -0.1) is 0 Å². The predicted octanol–water partition coefficient (Wildman–Crippen LogP) is 1.62. The first kappa shape index (κ1) is 15.7. The van der Waals surface area contributed by atoms with Gasteiger partial charge in [0, 0.05) is 31.2 Å². The zero-order chi connectivity index (χ0) is 15.8. The number of sulfonamides is 1. The van der Waals surface area contributed by atoms with E-state index in [0.29, 0.717) is 0 Å². The van der Waals surface area contributed by atoms with Crippen molar-refractivity contribution < 1.29 is 12.8 Å². The molecule has 0 saturated heterocycles. The Hall–Kier alpha value is -1.64. The third-order valence-electron chi connectivity index (χ3n) is 3.01. The average Bonchev–Trinajstić information content (AvgIpc) is 2.73. The van der Waals surface area contributed by atoms with Gasteiger partial charge < -0.3 is 10.3 Å². The lowest BCUT2D eigenvalue weighted by Gasteiger charge is -2.18. The van der Waals surface area contributed by atoms with Gasteiger partial charge in [0.2, 0.25) is 0 Å². The molecular formula is C12H14ClFN4O2S. The number of nitrogens with two attached hydrogens (primary N) is 1. The molecule has 1 aromatic carbocycles. The van der Waals surface area contributed by atoms with Crippen LogP contribution in [0.1, 0.15) is 5.56 Å².